The number of fused-ring (bicyclic) bond motifs is 1. The zero-order chi connectivity index (χ0) is 22.0. The average Bonchev–Trinajstić information content (AvgIpc) is 3.27. The summed E-state index contributed by atoms with van der Waals surface area (Å²) in [5.41, 5.74) is 5.67. The van der Waals surface area contributed by atoms with Gasteiger partial charge in [0.15, 0.2) is 0 Å². The van der Waals surface area contributed by atoms with Gasteiger partial charge in [0, 0.05) is 34.0 Å². The topological polar surface area (TPSA) is 93.4 Å². The number of non-ortho nitro benzene ring substituents is 1. The maximum absolute atomic E-state index is 10.9. The van der Waals surface area contributed by atoms with Gasteiger partial charge in [-0.05, 0) is 56.7 Å². The van der Waals surface area contributed by atoms with E-state index in [0.717, 1.165) is 46.8 Å². The van der Waals surface area contributed by atoms with Crippen LogP contribution in [0.2, 0.25) is 0 Å². The van der Waals surface area contributed by atoms with Crippen LogP contribution in [0.1, 0.15) is 51.4 Å². The van der Waals surface area contributed by atoms with E-state index in [-0.39, 0.29) is 12.3 Å². The van der Waals surface area contributed by atoms with Crippen molar-refractivity contribution in [3.63, 3.8) is 0 Å². The summed E-state index contributed by atoms with van der Waals surface area (Å²) in [5.74, 6) is 0. The first-order valence-corrected chi connectivity index (χ1v) is 10.9. The zero-order valence-electron chi connectivity index (χ0n) is 17.4. The summed E-state index contributed by atoms with van der Waals surface area (Å²) in [7, 11) is 0. The number of oxime groups is 1. The lowest BCUT2D eigenvalue weighted by Gasteiger charge is -2.10. The Kier molecular flexibility index (Phi) is 5.87. The van der Waals surface area contributed by atoms with Crippen molar-refractivity contribution in [3.8, 4) is 11.1 Å². The molecule has 0 fully saturated rings. The standard InChI is InChI=1S/C23H22N4O3S/c1-15-10-18(13-25-30-14-17-6-5-7-19(11-17)27(28)29)16(2)26(15)23-21(12-24)20-8-3-4-9-22(20)31-23/h5-7,10-11,13H,3-4,8-9,14H2,1-2H3/b25-13-. The van der Waals surface area contributed by atoms with Crippen LogP contribution >= 0.6 is 11.3 Å². The average molecular weight is 435 g/mol. The highest BCUT2D eigenvalue weighted by atomic mass is 32.1. The van der Waals surface area contributed by atoms with Crippen molar-refractivity contribution in [2.75, 3.05) is 0 Å². The first-order chi connectivity index (χ1) is 15.0. The third kappa shape index (κ3) is 4.09. The van der Waals surface area contributed by atoms with Crippen LogP contribution in [-0.4, -0.2) is 15.7 Å². The molecule has 2 heterocycles. The van der Waals surface area contributed by atoms with Crippen molar-refractivity contribution in [2.24, 2.45) is 5.16 Å². The van der Waals surface area contributed by atoms with Crippen molar-refractivity contribution < 1.29 is 9.76 Å². The van der Waals surface area contributed by atoms with Gasteiger partial charge < -0.3 is 9.40 Å². The van der Waals surface area contributed by atoms with Crippen molar-refractivity contribution >= 4 is 23.2 Å². The minimum absolute atomic E-state index is 0.0283. The van der Waals surface area contributed by atoms with Crippen LogP contribution in [0.3, 0.4) is 0 Å². The first kappa shape index (κ1) is 20.8. The second kappa shape index (κ2) is 8.74. The monoisotopic (exact) mass is 434 g/mol. The van der Waals surface area contributed by atoms with Gasteiger partial charge in [0.05, 0.1) is 16.7 Å². The molecule has 2 aromatic heterocycles. The van der Waals surface area contributed by atoms with Gasteiger partial charge in [0.2, 0.25) is 0 Å². The van der Waals surface area contributed by atoms with Gasteiger partial charge >= 0.3 is 0 Å². The molecule has 7 nitrogen and oxygen atoms in total. The quantitative estimate of drug-likeness (QED) is 0.296. The largest absolute Gasteiger partial charge is 0.391 e. The van der Waals surface area contributed by atoms with Crippen molar-refractivity contribution in [1.82, 2.24) is 4.57 Å². The summed E-state index contributed by atoms with van der Waals surface area (Å²) >= 11 is 1.72. The maximum atomic E-state index is 10.9. The summed E-state index contributed by atoms with van der Waals surface area (Å²) < 4.78 is 2.13. The maximum Gasteiger partial charge on any atom is 0.269 e. The van der Waals surface area contributed by atoms with Crippen LogP contribution < -0.4 is 0 Å². The van der Waals surface area contributed by atoms with E-state index in [9.17, 15) is 15.4 Å². The molecule has 3 aromatic rings. The smallest absolute Gasteiger partial charge is 0.269 e. The van der Waals surface area contributed by atoms with Gasteiger partial charge in [-0.25, -0.2) is 0 Å². The van der Waals surface area contributed by atoms with Crippen LogP contribution in [-0.2, 0) is 24.3 Å². The molecule has 8 heteroatoms. The number of nitrogens with zero attached hydrogens (tertiary/aromatic N) is 4. The molecule has 158 valence electrons. The lowest BCUT2D eigenvalue weighted by atomic mass is 9.96. The molecule has 0 unspecified atom stereocenters. The number of hydrogen-bond acceptors (Lipinski definition) is 6. The zero-order valence-corrected chi connectivity index (χ0v) is 18.2. The van der Waals surface area contributed by atoms with Crippen molar-refractivity contribution in [2.45, 2.75) is 46.1 Å². The van der Waals surface area contributed by atoms with Crippen molar-refractivity contribution in [3.05, 3.63) is 79.0 Å². The molecule has 31 heavy (non-hydrogen) atoms. The Bertz CT molecular complexity index is 1220. The van der Waals surface area contributed by atoms with Crippen molar-refractivity contribution in [1.29, 1.82) is 5.26 Å². The molecule has 0 saturated heterocycles. The second-order valence-corrected chi connectivity index (χ2v) is 8.68. The molecule has 0 radical (unpaired) electrons. The third-order valence-electron chi connectivity index (χ3n) is 5.56. The van der Waals surface area contributed by atoms with E-state index >= 15 is 0 Å². The van der Waals surface area contributed by atoms with Crippen LogP contribution in [0.15, 0.2) is 35.5 Å². The number of benzene rings is 1. The van der Waals surface area contributed by atoms with Crippen LogP contribution in [0.25, 0.3) is 5.00 Å². The molecule has 1 aliphatic carbocycles. The lowest BCUT2D eigenvalue weighted by molar-refractivity contribution is -0.384. The molecule has 4 rings (SSSR count). The number of nitriles is 1. The molecule has 0 N–H and O–H groups in total. The number of hydrogen-bond donors (Lipinski definition) is 0. The van der Waals surface area contributed by atoms with Crippen LogP contribution in [0.5, 0.6) is 0 Å². The normalized spacial score (nSPS) is 13.2. The van der Waals surface area contributed by atoms with E-state index in [4.69, 9.17) is 4.84 Å². The number of aromatic nitrogens is 1. The van der Waals surface area contributed by atoms with E-state index in [0.29, 0.717) is 5.56 Å². The highest BCUT2D eigenvalue weighted by molar-refractivity contribution is 7.15. The number of aryl methyl sites for hydroxylation is 2. The molecule has 1 aromatic carbocycles. The van der Waals surface area contributed by atoms with Gasteiger partial charge in [-0.1, -0.05) is 17.3 Å². The van der Waals surface area contributed by atoms with E-state index in [1.165, 1.54) is 29.0 Å². The fraction of sp³-hybridized carbons (Fsp3) is 0.304. The lowest BCUT2D eigenvalue weighted by Crippen LogP contribution is -2.02. The van der Waals surface area contributed by atoms with Gasteiger partial charge in [-0.15, -0.1) is 11.3 Å². The Balaban J connectivity index is 1.54. The Morgan fingerprint density at radius 3 is 2.90 bits per heavy atom. The highest BCUT2D eigenvalue weighted by Crippen LogP contribution is 2.38. The predicted molar refractivity (Wildman–Crippen MR) is 120 cm³/mol. The Labute approximate surface area is 184 Å². The summed E-state index contributed by atoms with van der Waals surface area (Å²) in [5, 5.41) is 25.7. The molecule has 0 aliphatic heterocycles. The molecule has 0 spiro atoms. The molecule has 0 saturated carbocycles. The van der Waals surface area contributed by atoms with Crippen LogP contribution in [0, 0.1) is 35.3 Å². The predicted octanol–water partition coefficient (Wildman–Crippen LogP) is 5.37. The summed E-state index contributed by atoms with van der Waals surface area (Å²) in [6.07, 6.45) is 6.00. The highest BCUT2D eigenvalue weighted by Gasteiger charge is 2.23. The molecule has 0 atom stereocenters. The second-order valence-electron chi connectivity index (χ2n) is 7.60. The van der Waals surface area contributed by atoms with Gasteiger partial charge in [-0.3, -0.25) is 10.1 Å². The molecule has 0 bridgehead atoms. The summed E-state index contributed by atoms with van der Waals surface area (Å²) in [6, 6.07) is 10.8. The third-order valence-corrected chi connectivity index (χ3v) is 6.83. The Morgan fingerprint density at radius 1 is 1.32 bits per heavy atom. The van der Waals surface area contributed by atoms with Crippen LogP contribution in [0.4, 0.5) is 5.69 Å². The molecule has 1 aliphatic rings. The Morgan fingerprint density at radius 2 is 2.13 bits per heavy atom. The van der Waals surface area contributed by atoms with E-state index in [1.807, 2.05) is 19.9 Å². The number of nitro benzene ring substituents is 1. The van der Waals surface area contributed by atoms with E-state index in [2.05, 4.69) is 15.8 Å². The molecular formula is C23H22N4O3S. The van der Waals surface area contributed by atoms with Gasteiger partial charge in [0.1, 0.15) is 17.7 Å². The fourth-order valence-corrected chi connectivity index (χ4v) is 5.47. The fourth-order valence-electron chi connectivity index (χ4n) is 4.02. The number of nitro groups is 1. The van der Waals surface area contributed by atoms with E-state index < -0.39 is 4.92 Å². The minimum Gasteiger partial charge on any atom is -0.391 e. The van der Waals surface area contributed by atoms with E-state index in [1.54, 1.807) is 29.7 Å². The SMILES string of the molecule is Cc1cc(/C=N\OCc2cccc([N+](=O)[O-])c2)c(C)n1-c1sc2c(c1C#N)CCCC2. The number of rotatable bonds is 6. The van der Waals surface area contributed by atoms with Gasteiger partial charge in [0.25, 0.3) is 5.69 Å². The molecular weight excluding hydrogens is 412 g/mol. The minimum atomic E-state index is -0.431. The summed E-state index contributed by atoms with van der Waals surface area (Å²) in [4.78, 5) is 17.2. The Hall–Kier alpha value is -3.44. The van der Waals surface area contributed by atoms with Gasteiger partial charge in [-0.2, -0.15) is 5.26 Å². The molecule has 0 amide bonds. The number of thiophene rings is 1. The summed E-state index contributed by atoms with van der Waals surface area (Å²) in [6.45, 7) is 4.18. The first-order valence-electron chi connectivity index (χ1n) is 10.1.